The summed E-state index contributed by atoms with van der Waals surface area (Å²) in [6.45, 7) is 8.57. The van der Waals surface area contributed by atoms with Gasteiger partial charge < -0.3 is 9.47 Å². The summed E-state index contributed by atoms with van der Waals surface area (Å²) in [5.74, 6) is 0.483. The van der Waals surface area contributed by atoms with Gasteiger partial charge in [0, 0.05) is 5.56 Å². The van der Waals surface area contributed by atoms with Gasteiger partial charge in [0.15, 0.2) is 0 Å². The molecule has 3 nitrogen and oxygen atoms in total. The first kappa shape index (κ1) is 18.1. The molecule has 0 spiro atoms. The van der Waals surface area contributed by atoms with Crippen LogP contribution in [0.15, 0.2) is 48.5 Å². The van der Waals surface area contributed by atoms with Gasteiger partial charge in [-0.15, -0.1) is 0 Å². The van der Waals surface area contributed by atoms with Crippen LogP contribution < -0.4 is 4.74 Å². The van der Waals surface area contributed by atoms with E-state index in [9.17, 15) is 4.79 Å². The van der Waals surface area contributed by atoms with Crippen LogP contribution in [0.2, 0.25) is 0 Å². The van der Waals surface area contributed by atoms with E-state index in [1.807, 2.05) is 76.2 Å². The number of benzene rings is 2. The lowest BCUT2D eigenvalue weighted by atomic mass is 9.97. The summed E-state index contributed by atoms with van der Waals surface area (Å²) >= 11 is 0. The maximum absolute atomic E-state index is 12.8. The summed E-state index contributed by atoms with van der Waals surface area (Å²) in [5, 5.41) is 0. The molecule has 2 rings (SSSR count). The summed E-state index contributed by atoms with van der Waals surface area (Å²) in [5.41, 5.74) is 1.87. The molecule has 0 N–H and O–H groups in total. The van der Waals surface area contributed by atoms with Gasteiger partial charge in [-0.25, -0.2) is 4.79 Å². The van der Waals surface area contributed by atoms with Crippen LogP contribution in [0.5, 0.6) is 5.75 Å². The first-order chi connectivity index (χ1) is 11.5. The van der Waals surface area contributed by atoms with Crippen LogP contribution >= 0.6 is 0 Å². The highest BCUT2D eigenvalue weighted by Crippen LogP contribution is 2.33. The lowest BCUT2D eigenvalue weighted by Gasteiger charge is -2.27. The van der Waals surface area contributed by atoms with E-state index in [-0.39, 0.29) is 5.97 Å². The molecule has 2 aromatic carbocycles. The molecular weight excluding hydrogens is 300 g/mol. The minimum absolute atomic E-state index is 0.289. The van der Waals surface area contributed by atoms with Crippen LogP contribution in [0.4, 0.5) is 0 Å². The van der Waals surface area contributed by atoms with Crippen molar-refractivity contribution in [2.45, 2.75) is 46.1 Å². The summed E-state index contributed by atoms with van der Waals surface area (Å²) in [7, 11) is 0. The molecule has 0 atom stereocenters. The van der Waals surface area contributed by atoms with Crippen LogP contribution in [0.3, 0.4) is 0 Å². The second kappa shape index (κ2) is 8.00. The highest BCUT2D eigenvalue weighted by atomic mass is 16.6. The monoisotopic (exact) mass is 326 g/mol. The van der Waals surface area contributed by atoms with Crippen molar-refractivity contribution in [2.24, 2.45) is 0 Å². The molecule has 0 aliphatic carbocycles. The number of esters is 1. The van der Waals surface area contributed by atoms with Crippen molar-refractivity contribution in [3.05, 3.63) is 54.1 Å². The van der Waals surface area contributed by atoms with Crippen LogP contribution in [0, 0.1) is 0 Å². The van der Waals surface area contributed by atoms with Crippen molar-refractivity contribution in [3.63, 3.8) is 0 Å². The largest absolute Gasteiger partial charge is 0.493 e. The molecule has 0 saturated carbocycles. The predicted octanol–water partition coefficient (Wildman–Crippen LogP) is 5.49. The number of ether oxygens (including phenoxy) is 2. The zero-order valence-corrected chi connectivity index (χ0v) is 15.0. The van der Waals surface area contributed by atoms with Gasteiger partial charge in [0.25, 0.3) is 0 Å². The van der Waals surface area contributed by atoms with E-state index in [1.54, 1.807) is 0 Å². The zero-order chi connectivity index (χ0) is 17.6. The number of hydrogen-bond acceptors (Lipinski definition) is 3. The first-order valence-electron chi connectivity index (χ1n) is 8.59. The van der Waals surface area contributed by atoms with E-state index in [2.05, 4.69) is 0 Å². The Labute approximate surface area is 144 Å². The molecule has 0 unspecified atom stereocenters. The number of carbonyl (C=O) groups is 1. The normalized spacial score (nSPS) is 11.2. The Balaban J connectivity index is 2.43. The third kappa shape index (κ3) is 3.97. The average Bonchev–Trinajstić information content (AvgIpc) is 2.62. The Kier molecular flexibility index (Phi) is 6.02. The fourth-order valence-corrected chi connectivity index (χ4v) is 2.54. The fourth-order valence-electron chi connectivity index (χ4n) is 2.54. The SMILES string of the molecule is CCOc1ccccc1-c1ccccc1C(=O)OC(C)(CC)CC. The van der Waals surface area contributed by atoms with Crippen molar-refractivity contribution in [2.75, 3.05) is 6.61 Å². The molecule has 0 fully saturated rings. The van der Waals surface area contributed by atoms with Gasteiger partial charge in [0.05, 0.1) is 12.2 Å². The molecule has 0 heterocycles. The zero-order valence-electron chi connectivity index (χ0n) is 15.0. The topological polar surface area (TPSA) is 35.5 Å². The predicted molar refractivity (Wildman–Crippen MR) is 97.4 cm³/mol. The third-order valence-corrected chi connectivity index (χ3v) is 4.46. The van der Waals surface area contributed by atoms with E-state index < -0.39 is 5.60 Å². The number of hydrogen-bond donors (Lipinski definition) is 0. The standard InChI is InChI=1S/C21H26O3/c1-5-21(4,6-2)24-20(22)18-14-9-8-12-16(18)17-13-10-11-15-19(17)23-7-3/h8-15H,5-7H2,1-4H3. The van der Waals surface area contributed by atoms with Crippen LogP contribution in [-0.4, -0.2) is 18.2 Å². The highest BCUT2D eigenvalue weighted by Gasteiger charge is 2.26. The molecular formula is C21H26O3. The smallest absolute Gasteiger partial charge is 0.339 e. The summed E-state index contributed by atoms with van der Waals surface area (Å²) in [4.78, 5) is 12.8. The molecule has 0 radical (unpaired) electrons. The molecule has 0 aromatic heterocycles. The van der Waals surface area contributed by atoms with E-state index in [1.165, 1.54) is 0 Å². The van der Waals surface area contributed by atoms with Crippen LogP contribution in [0.25, 0.3) is 11.1 Å². The van der Waals surface area contributed by atoms with Gasteiger partial charge in [0.2, 0.25) is 0 Å². The molecule has 0 saturated heterocycles. The molecule has 0 aliphatic heterocycles. The molecule has 24 heavy (non-hydrogen) atoms. The van der Waals surface area contributed by atoms with E-state index in [4.69, 9.17) is 9.47 Å². The fraction of sp³-hybridized carbons (Fsp3) is 0.381. The van der Waals surface area contributed by atoms with Crippen LogP contribution in [0.1, 0.15) is 50.9 Å². The third-order valence-electron chi connectivity index (χ3n) is 4.46. The molecule has 0 aliphatic rings. The van der Waals surface area contributed by atoms with Gasteiger partial charge >= 0.3 is 5.97 Å². The Morgan fingerprint density at radius 1 is 0.917 bits per heavy atom. The minimum atomic E-state index is -0.441. The highest BCUT2D eigenvalue weighted by molar-refractivity contribution is 5.98. The number of para-hydroxylation sites is 1. The lowest BCUT2D eigenvalue weighted by Crippen LogP contribution is -2.30. The number of rotatable bonds is 7. The van der Waals surface area contributed by atoms with E-state index in [0.717, 1.165) is 29.7 Å². The van der Waals surface area contributed by atoms with Crippen molar-refractivity contribution in [1.29, 1.82) is 0 Å². The lowest BCUT2D eigenvalue weighted by molar-refractivity contribution is -0.0130. The molecule has 3 heteroatoms. The maximum atomic E-state index is 12.8. The van der Waals surface area contributed by atoms with E-state index in [0.29, 0.717) is 12.2 Å². The molecule has 0 amide bonds. The van der Waals surface area contributed by atoms with Gasteiger partial charge in [-0.05, 0) is 44.4 Å². The maximum Gasteiger partial charge on any atom is 0.339 e. The summed E-state index contributed by atoms with van der Waals surface area (Å²) in [6.07, 6.45) is 1.57. The summed E-state index contributed by atoms with van der Waals surface area (Å²) < 4.78 is 11.5. The Hall–Kier alpha value is -2.29. The second-order valence-electron chi connectivity index (χ2n) is 6.02. The minimum Gasteiger partial charge on any atom is -0.493 e. The van der Waals surface area contributed by atoms with Crippen LogP contribution in [-0.2, 0) is 4.74 Å². The van der Waals surface area contributed by atoms with Gasteiger partial charge in [0.1, 0.15) is 11.4 Å². The second-order valence-corrected chi connectivity index (χ2v) is 6.02. The first-order valence-corrected chi connectivity index (χ1v) is 8.59. The van der Waals surface area contributed by atoms with Gasteiger partial charge in [-0.3, -0.25) is 0 Å². The number of carbonyl (C=O) groups excluding carboxylic acids is 1. The molecule has 2 aromatic rings. The van der Waals surface area contributed by atoms with Crippen molar-refractivity contribution >= 4 is 5.97 Å². The van der Waals surface area contributed by atoms with Crippen molar-refractivity contribution in [1.82, 2.24) is 0 Å². The Morgan fingerprint density at radius 2 is 1.50 bits per heavy atom. The summed E-state index contributed by atoms with van der Waals surface area (Å²) in [6, 6.07) is 15.3. The van der Waals surface area contributed by atoms with Crippen molar-refractivity contribution in [3.8, 4) is 16.9 Å². The Morgan fingerprint density at radius 3 is 2.12 bits per heavy atom. The molecule has 0 bridgehead atoms. The van der Waals surface area contributed by atoms with E-state index >= 15 is 0 Å². The quantitative estimate of drug-likeness (QED) is 0.631. The van der Waals surface area contributed by atoms with Gasteiger partial charge in [-0.2, -0.15) is 0 Å². The van der Waals surface area contributed by atoms with Gasteiger partial charge in [-0.1, -0.05) is 50.2 Å². The average molecular weight is 326 g/mol. The van der Waals surface area contributed by atoms with Crippen molar-refractivity contribution < 1.29 is 14.3 Å². The Bertz CT molecular complexity index is 687. The molecule has 128 valence electrons.